The highest BCUT2D eigenvalue weighted by Crippen LogP contribution is 2.19. The van der Waals surface area contributed by atoms with E-state index >= 15 is 0 Å². The van der Waals surface area contributed by atoms with Gasteiger partial charge in [0.2, 0.25) is 5.91 Å². The van der Waals surface area contributed by atoms with Crippen LogP contribution in [-0.2, 0) is 9.53 Å². The van der Waals surface area contributed by atoms with Crippen LogP contribution in [0.4, 0.5) is 10.5 Å². The second-order valence-corrected chi connectivity index (χ2v) is 7.10. The molecule has 27 heavy (non-hydrogen) atoms. The molecule has 7 nitrogen and oxygen atoms in total. The van der Waals surface area contributed by atoms with E-state index in [0.29, 0.717) is 32.8 Å². The van der Waals surface area contributed by atoms with Crippen LogP contribution >= 0.6 is 0 Å². The van der Waals surface area contributed by atoms with Crippen molar-refractivity contribution in [1.29, 1.82) is 0 Å². The molecule has 7 heteroatoms. The number of ether oxygens (including phenoxy) is 2. The second kappa shape index (κ2) is 9.60. The Bertz CT molecular complexity index is 629. The fourth-order valence-corrected chi connectivity index (χ4v) is 3.40. The van der Waals surface area contributed by atoms with Crippen molar-refractivity contribution >= 4 is 17.6 Å². The van der Waals surface area contributed by atoms with Crippen molar-refractivity contribution in [3.63, 3.8) is 0 Å². The molecule has 148 valence electrons. The molecule has 0 aliphatic carbocycles. The van der Waals surface area contributed by atoms with E-state index in [9.17, 15) is 9.59 Å². The van der Waals surface area contributed by atoms with Gasteiger partial charge in [0, 0.05) is 45.4 Å². The number of nitrogens with zero attached hydrogens (tertiary/aromatic N) is 2. The van der Waals surface area contributed by atoms with Gasteiger partial charge in [-0.1, -0.05) is 0 Å². The maximum atomic E-state index is 12.5. The molecule has 3 amide bonds. The summed E-state index contributed by atoms with van der Waals surface area (Å²) in [5.41, 5.74) is 0.730. The molecule has 2 saturated heterocycles. The first kappa shape index (κ1) is 19.5. The molecule has 2 aliphatic rings. The number of urea groups is 1. The monoisotopic (exact) mass is 375 g/mol. The van der Waals surface area contributed by atoms with Crippen LogP contribution in [0.1, 0.15) is 32.6 Å². The lowest BCUT2D eigenvalue weighted by molar-refractivity contribution is -0.128. The first-order valence-electron chi connectivity index (χ1n) is 9.78. The number of amides is 3. The van der Waals surface area contributed by atoms with Crippen molar-refractivity contribution in [2.45, 2.75) is 38.7 Å². The Balaban J connectivity index is 1.45. The smallest absolute Gasteiger partial charge is 0.321 e. The predicted octanol–water partition coefficient (Wildman–Crippen LogP) is 2.72. The zero-order chi connectivity index (χ0) is 19.1. The van der Waals surface area contributed by atoms with Crippen LogP contribution in [-0.4, -0.2) is 67.2 Å². The number of carbonyl (C=O) groups is 2. The molecule has 2 aliphatic heterocycles. The summed E-state index contributed by atoms with van der Waals surface area (Å²) in [6.07, 6.45) is 4.35. The molecule has 0 saturated carbocycles. The number of benzene rings is 1. The quantitative estimate of drug-likeness (QED) is 0.878. The van der Waals surface area contributed by atoms with Gasteiger partial charge in [0.05, 0.1) is 6.10 Å². The van der Waals surface area contributed by atoms with E-state index in [0.717, 1.165) is 37.3 Å². The van der Waals surface area contributed by atoms with Gasteiger partial charge in [-0.05, 0) is 49.9 Å². The van der Waals surface area contributed by atoms with Crippen LogP contribution in [0.5, 0.6) is 5.75 Å². The summed E-state index contributed by atoms with van der Waals surface area (Å²) < 4.78 is 11.5. The third kappa shape index (κ3) is 5.85. The fraction of sp³-hybridized carbons (Fsp3) is 0.600. The van der Waals surface area contributed by atoms with E-state index in [-0.39, 0.29) is 18.0 Å². The van der Waals surface area contributed by atoms with Gasteiger partial charge in [-0.15, -0.1) is 0 Å². The first-order chi connectivity index (χ1) is 13.1. The summed E-state index contributed by atoms with van der Waals surface area (Å²) in [5.74, 6) is 0.834. The van der Waals surface area contributed by atoms with Crippen LogP contribution < -0.4 is 10.1 Å². The van der Waals surface area contributed by atoms with Crippen LogP contribution in [0.2, 0.25) is 0 Å². The molecule has 1 aromatic carbocycles. The second-order valence-electron chi connectivity index (χ2n) is 7.10. The summed E-state index contributed by atoms with van der Waals surface area (Å²) >= 11 is 0. The van der Waals surface area contributed by atoms with Crippen molar-refractivity contribution in [3.8, 4) is 5.75 Å². The minimum Gasteiger partial charge on any atom is -0.491 e. The molecule has 0 radical (unpaired) electrons. The number of hydrogen-bond acceptors (Lipinski definition) is 4. The van der Waals surface area contributed by atoms with Gasteiger partial charge in [-0.2, -0.15) is 0 Å². The van der Waals surface area contributed by atoms with Crippen LogP contribution in [0.3, 0.4) is 0 Å². The summed E-state index contributed by atoms with van der Waals surface area (Å²) in [4.78, 5) is 27.5. The zero-order valence-corrected chi connectivity index (χ0v) is 16.0. The molecule has 0 unspecified atom stereocenters. The summed E-state index contributed by atoms with van der Waals surface area (Å²) in [6, 6.07) is 7.27. The maximum absolute atomic E-state index is 12.5. The molecule has 3 rings (SSSR count). The Morgan fingerprint density at radius 3 is 2.52 bits per heavy atom. The molecule has 1 N–H and O–H groups in total. The van der Waals surface area contributed by atoms with E-state index in [1.54, 1.807) is 16.7 Å². The molecule has 0 spiro atoms. The van der Waals surface area contributed by atoms with Gasteiger partial charge in [-0.3, -0.25) is 4.79 Å². The normalized spacial score (nSPS) is 20.7. The fourth-order valence-electron chi connectivity index (χ4n) is 3.40. The highest BCUT2D eigenvalue weighted by Gasteiger charge is 2.20. The molecule has 1 atom stereocenters. The van der Waals surface area contributed by atoms with E-state index in [4.69, 9.17) is 9.47 Å². The standard InChI is InChI=1S/C20H29N3O4/c1-16(24)22-10-4-11-23(13-12-22)20(25)21-17-6-8-18(9-7-17)27-15-19-5-2-3-14-26-19/h6-9,19H,2-5,10-15H2,1H3,(H,21,25)/t19-/m0/s1. The summed E-state index contributed by atoms with van der Waals surface area (Å²) in [5, 5.41) is 2.92. The Morgan fingerprint density at radius 2 is 1.81 bits per heavy atom. The van der Waals surface area contributed by atoms with E-state index in [1.165, 1.54) is 6.42 Å². The molecule has 0 aromatic heterocycles. The van der Waals surface area contributed by atoms with Crippen LogP contribution in [0.15, 0.2) is 24.3 Å². The summed E-state index contributed by atoms with van der Waals surface area (Å²) in [6.45, 7) is 5.44. The number of nitrogens with one attached hydrogen (secondary N) is 1. The van der Waals surface area contributed by atoms with E-state index in [2.05, 4.69) is 5.32 Å². The zero-order valence-electron chi connectivity index (χ0n) is 16.0. The predicted molar refractivity (Wildman–Crippen MR) is 103 cm³/mol. The third-order valence-corrected chi connectivity index (χ3v) is 5.04. The van der Waals surface area contributed by atoms with Crippen molar-refractivity contribution in [2.24, 2.45) is 0 Å². The number of hydrogen-bond donors (Lipinski definition) is 1. The van der Waals surface area contributed by atoms with Gasteiger partial charge in [-0.25, -0.2) is 4.79 Å². The van der Waals surface area contributed by atoms with Crippen LogP contribution in [0.25, 0.3) is 0 Å². The van der Waals surface area contributed by atoms with Crippen molar-refractivity contribution < 1.29 is 19.1 Å². The Kier molecular flexibility index (Phi) is 6.92. The van der Waals surface area contributed by atoms with Crippen LogP contribution in [0, 0.1) is 0 Å². The lowest BCUT2D eigenvalue weighted by Gasteiger charge is -2.23. The largest absolute Gasteiger partial charge is 0.491 e. The Hall–Kier alpha value is -2.28. The molecule has 0 bridgehead atoms. The van der Waals surface area contributed by atoms with E-state index < -0.39 is 0 Å². The van der Waals surface area contributed by atoms with Crippen molar-refractivity contribution in [2.75, 3.05) is 44.7 Å². The molecule has 2 fully saturated rings. The van der Waals surface area contributed by atoms with E-state index in [1.807, 2.05) is 24.3 Å². The van der Waals surface area contributed by atoms with Gasteiger partial charge in [0.1, 0.15) is 12.4 Å². The molecular formula is C20H29N3O4. The highest BCUT2D eigenvalue weighted by atomic mass is 16.5. The summed E-state index contributed by atoms with van der Waals surface area (Å²) in [7, 11) is 0. The van der Waals surface area contributed by atoms with Gasteiger partial charge in [0.25, 0.3) is 0 Å². The molecular weight excluding hydrogens is 346 g/mol. The lowest BCUT2D eigenvalue weighted by atomic mass is 10.1. The van der Waals surface area contributed by atoms with Crippen molar-refractivity contribution in [1.82, 2.24) is 9.80 Å². The average molecular weight is 375 g/mol. The number of anilines is 1. The topological polar surface area (TPSA) is 71.1 Å². The average Bonchev–Trinajstić information content (AvgIpc) is 2.95. The lowest BCUT2D eigenvalue weighted by Crippen LogP contribution is -2.38. The molecule has 2 heterocycles. The molecule has 1 aromatic rings. The minimum absolute atomic E-state index is 0.0615. The number of rotatable bonds is 4. The van der Waals surface area contributed by atoms with Crippen molar-refractivity contribution in [3.05, 3.63) is 24.3 Å². The van der Waals surface area contributed by atoms with Gasteiger partial charge < -0.3 is 24.6 Å². The third-order valence-electron chi connectivity index (χ3n) is 5.04. The Labute approximate surface area is 160 Å². The highest BCUT2D eigenvalue weighted by molar-refractivity contribution is 5.89. The number of carbonyl (C=O) groups excluding carboxylic acids is 2. The minimum atomic E-state index is -0.135. The first-order valence-corrected chi connectivity index (χ1v) is 9.78. The Morgan fingerprint density at radius 1 is 1.07 bits per heavy atom. The van der Waals surface area contributed by atoms with Gasteiger partial charge >= 0.3 is 6.03 Å². The maximum Gasteiger partial charge on any atom is 0.321 e. The SMILES string of the molecule is CC(=O)N1CCCN(C(=O)Nc2ccc(OC[C@@H]3CCCCO3)cc2)CC1. The van der Waals surface area contributed by atoms with Gasteiger partial charge in [0.15, 0.2) is 0 Å².